The van der Waals surface area contributed by atoms with Crippen molar-refractivity contribution in [3.8, 4) is 11.4 Å². The molecule has 1 unspecified atom stereocenters. The molecule has 0 fully saturated rings. The molecule has 1 aromatic heterocycles. The lowest BCUT2D eigenvalue weighted by Crippen LogP contribution is -2.16. The molecule has 2 nitrogen and oxygen atoms in total. The third-order valence-electron chi connectivity index (χ3n) is 6.75. The quantitative estimate of drug-likeness (QED) is 0.314. The molecule has 3 rings (SSSR count). The zero-order chi connectivity index (χ0) is 21.0. The molecular formula is C28H42N2. The van der Waals surface area contributed by atoms with Gasteiger partial charge in [0, 0.05) is 17.5 Å². The molecule has 0 radical (unpaired) electrons. The maximum atomic E-state index is 4.95. The van der Waals surface area contributed by atoms with Crippen molar-refractivity contribution in [1.82, 2.24) is 9.97 Å². The van der Waals surface area contributed by atoms with Gasteiger partial charge in [-0.25, -0.2) is 9.97 Å². The van der Waals surface area contributed by atoms with Gasteiger partial charge in [-0.15, -0.1) is 0 Å². The Hall–Kier alpha value is -1.70. The Bertz CT molecular complexity index is 735. The molecule has 1 aliphatic rings. The summed E-state index contributed by atoms with van der Waals surface area (Å²) in [7, 11) is 0. The number of hydrogen-bond donors (Lipinski definition) is 0. The van der Waals surface area contributed by atoms with Crippen molar-refractivity contribution < 1.29 is 0 Å². The van der Waals surface area contributed by atoms with Crippen LogP contribution in [0, 0.1) is 5.92 Å². The number of rotatable bonds is 13. The van der Waals surface area contributed by atoms with Crippen LogP contribution in [0.25, 0.3) is 11.4 Å². The largest absolute Gasteiger partial charge is 0.236 e. The summed E-state index contributed by atoms with van der Waals surface area (Å²) in [6.45, 7) is 4.56. The van der Waals surface area contributed by atoms with Gasteiger partial charge >= 0.3 is 0 Å². The number of unbranched alkanes of at least 4 members (excludes halogenated alkanes) is 8. The van der Waals surface area contributed by atoms with Gasteiger partial charge in [0.1, 0.15) is 0 Å². The molecule has 0 N–H and O–H groups in total. The van der Waals surface area contributed by atoms with Gasteiger partial charge in [0.2, 0.25) is 0 Å². The van der Waals surface area contributed by atoms with E-state index in [0.29, 0.717) is 0 Å². The maximum absolute atomic E-state index is 4.95. The van der Waals surface area contributed by atoms with Crippen LogP contribution in [-0.2, 0) is 19.3 Å². The molecule has 0 saturated heterocycles. The summed E-state index contributed by atoms with van der Waals surface area (Å²) in [6, 6.07) is 8.98. The highest BCUT2D eigenvalue weighted by Gasteiger charge is 2.20. The molecule has 0 aliphatic heterocycles. The third-order valence-corrected chi connectivity index (χ3v) is 6.75. The van der Waals surface area contributed by atoms with Crippen LogP contribution >= 0.6 is 0 Å². The average molecular weight is 407 g/mol. The molecule has 0 amide bonds. The number of benzene rings is 1. The number of aryl methyl sites for hydroxylation is 2. The maximum Gasteiger partial charge on any atom is 0.159 e. The molecule has 30 heavy (non-hydrogen) atoms. The zero-order valence-electron chi connectivity index (χ0n) is 19.5. The summed E-state index contributed by atoms with van der Waals surface area (Å²) >= 11 is 0. The summed E-state index contributed by atoms with van der Waals surface area (Å²) < 4.78 is 0. The molecule has 2 heteroatoms. The second-order valence-electron chi connectivity index (χ2n) is 9.34. The van der Waals surface area contributed by atoms with E-state index >= 15 is 0 Å². The predicted octanol–water partition coefficient (Wildman–Crippen LogP) is 8.12. The number of fused-ring (bicyclic) bond motifs is 1. The second kappa shape index (κ2) is 12.9. The molecule has 164 valence electrons. The predicted molar refractivity (Wildman–Crippen MR) is 129 cm³/mol. The SMILES string of the molecule is CCCCCCCCc1ccc(-c2ncc3c(n2)CCC(CCCCCC)C3)cc1. The van der Waals surface area contributed by atoms with Crippen molar-refractivity contribution in [2.45, 2.75) is 110 Å². The monoisotopic (exact) mass is 406 g/mol. The van der Waals surface area contributed by atoms with Crippen LogP contribution in [0.3, 0.4) is 0 Å². The summed E-state index contributed by atoms with van der Waals surface area (Å²) in [6.07, 6.45) is 21.9. The first kappa shape index (κ1) is 23.0. The van der Waals surface area contributed by atoms with Crippen molar-refractivity contribution in [2.24, 2.45) is 5.92 Å². The first-order chi connectivity index (χ1) is 14.8. The van der Waals surface area contributed by atoms with E-state index in [1.54, 1.807) is 0 Å². The van der Waals surface area contributed by atoms with Crippen molar-refractivity contribution in [2.75, 3.05) is 0 Å². The molecule has 0 saturated carbocycles. The van der Waals surface area contributed by atoms with Gasteiger partial charge in [-0.1, -0.05) is 102 Å². The van der Waals surface area contributed by atoms with Crippen LogP contribution in [0.5, 0.6) is 0 Å². The molecule has 2 aromatic rings. The minimum atomic E-state index is 0.838. The van der Waals surface area contributed by atoms with E-state index in [-0.39, 0.29) is 0 Å². The molecule has 0 spiro atoms. The Labute approximate surface area is 184 Å². The summed E-state index contributed by atoms with van der Waals surface area (Å²) in [5.74, 6) is 1.74. The third kappa shape index (κ3) is 7.22. The van der Waals surface area contributed by atoms with Gasteiger partial charge in [-0.05, 0) is 49.1 Å². The topological polar surface area (TPSA) is 25.8 Å². The Kier molecular flexibility index (Phi) is 9.86. The highest BCUT2D eigenvalue weighted by molar-refractivity contribution is 5.55. The Morgan fingerprint density at radius 2 is 1.53 bits per heavy atom. The lowest BCUT2D eigenvalue weighted by molar-refractivity contribution is 0.401. The molecule has 1 aliphatic carbocycles. The lowest BCUT2D eigenvalue weighted by Gasteiger charge is -2.24. The summed E-state index contributed by atoms with van der Waals surface area (Å²) in [4.78, 5) is 9.68. The van der Waals surface area contributed by atoms with E-state index in [4.69, 9.17) is 9.97 Å². The van der Waals surface area contributed by atoms with Crippen molar-refractivity contribution in [3.05, 3.63) is 47.3 Å². The fraction of sp³-hybridized carbons (Fsp3) is 0.643. The van der Waals surface area contributed by atoms with Gasteiger partial charge in [-0.2, -0.15) is 0 Å². The van der Waals surface area contributed by atoms with Gasteiger partial charge in [0.25, 0.3) is 0 Å². The van der Waals surface area contributed by atoms with Crippen molar-refractivity contribution in [1.29, 1.82) is 0 Å². The number of aromatic nitrogens is 2. The van der Waals surface area contributed by atoms with E-state index in [9.17, 15) is 0 Å². The highest BCUT2D eigenvalue weighted by atomic mass is 14.9. The lowest BCUT2D eigenvalue weighted by atomic mass is 9.84. The summed E-state index contributed by atoms with van der Waals surface area (Å²) in [5, 5.41) is 0. The average Bonchev–Trinajstić information content (AvgIpc) is 2.79. The van der Waals surface area contributed by atoms with E-state index in [2.05, 4.69) is 44.3 Å². The standard InChI is InChI=1S/C28H42N2/c1-3-5-7-9-10-12-13-23-15-18-25(19-16-23)28-29-22-26-21-24(14-11-8-6-4-2)17-20-27(26)30-28/h15-16,18-19,22,24H,3-14,17,20-21H2,1-2H3. The fourth-order valence-electron chi connectivity index (χ4n) is 4.76. The summed E-state index contributed by atoms with van der Waals surface area (Å²) in [5.41, 5.74) is 5.29. The van der Waals surface area contributed by atoms with E-state index < -0.39 is 0 Å². The Balaban J connectivity index is 1.49. The van der Waals surface area contributed by atoms with Crippen molar-refractivity contribution >= 4 is 0 Å². The van der Waals surface area contributed by atoms with Crippen LogP contribution in [-0.4, -0.2) is 9.97 Å². The van der Waals surface area contributed by atoms with Crippen LogP contribution < -0.4 is 0 Å². The van der Waals surface area contributed by atoms with Crippen molar-refractivity contribution in [3.63, 3.8) is 0 Å². The highest BCUT2D eigenvalue weighted by Crippen LogP contribution is 2.29. The fourth-order valence-corrected chi connectivity index (χ4v) is 4.76. The number of hydrogen-bond acceptors (Lipinski definition) is 2. The van der Waals surface area contributed by atoms with Gasteiger partial charge in [0.05, 0.1) is 0 Å². The molecular weight excluding hydrogens is 364 g/mol. The number of nitrogens with zero attached hydrogens (tertiary/aromatic N) is 2. The van der Waals surface area contributed by atoms with Gasteiger partial charge in [-0.3, -0.25) is 0 Å². The van der Waals surface area contributed by atoms with Crippen LogP contribution in [0.15, 0.2) is 30.5 Å². The Morgan fingerprint density at radius 1 is 0.833 bits per heavy atom. The van der Waals surface area contributed by atoms with E-state index in [1.165, 1.54) is 107 Å². The van der Waals surface area contributed by atoms with E-state index in [1.807, 2.05) is 0 Å². The zero-order valence-corrected chi connectivity index (χ0v) is 19.5. The minimum Gasteiger partial charge on any atom is -0.236 e. The molecule has 1 atom stereocenters. The van der Waals surface area contributed by atoms with E-state index in [0.717, 1.165) is 23.7 Å². The van der Waals surface area contributed by atoms with Crippen LogP contribution in [0.4, 0.5) is 0 Å². The molecule has 0 bridgehead atoms. The molecule has 1 aromatic carbocycles. The molecule has 1 heterocycles. The Morgan fingerprint density at radius 3 is 2.30 bits per heavy atom. The van der Waals surface area contributed by atoms with Gasteiger partial charge < -0.3 is 0 Å². The smallest absolute Gasteiger partial charge is 0.159 e. The van der Waals surface area contributed by atoms with Crippen LogP contribution in [0.1, 0.15) is 108 Å². The minimum absolute atomic E-state index is 0.838. The first-order valence-corrected chi connectivity index (χ1v) is 12.7. The normalized spacial score (nSPS) is 15.9. The van der Waals surface area contributed by atoms with Gasteiger partial charge in [0.15, 0.2) is 5.82 Å². The second-order valence-corrected chi connectivity index (χ2v) is 9.34. The first-order valence-electron chi connectivity index (χ1n) is 12.7. The van der Waals surface area contributed by atoms with Crippen LogP contribution in [0.2, 0.25) is 0 Å².